The van der Waals surface area contributed by atoms with E-state index >= 15 is 0 Å². The predicted molar refractivity (Wildman–Crippen MR) is 66.8 cm³/mol. The maximum Gasteiger partial charge on any atom is 0.165 e. The van der Waals surface area contributed by atoms with Crippen LogP contribution in [0.5, 0.6) is 0 Å². The Balaban J connectivity index is 2.46. The second-order valence-electron chi connectivity index (χ2n) is 4.72. The lowest BCUT2D eigenvalue weighted by Crippen LogP contribution is -2.02. The van der Waals surface area contributed by atoms with Crippen molar-refractivity contribution in [3.63, 3.8) is 0 Å². The lowest BCUT2D eigenvalue weighted by atomic mass is 10.00. The van der Waals surface area contributed by atoms with Crippen LogP contribution in [0.3, 0.4) is 0 Å². The van der Waals surface area contributed by atoms with Crippen molar-refractivity contribution in [1.29, 1.82) is 0 Å². The van der Waals surface area contributed by atoms with Gasteiger partial charge < -0.3 is 4.98 Å². The van der Waals surface area contributed by atoms with Gasteiger partial charge in [-0.1, -0.05) is 32.0 Å². The summed E-state index contributed by atoms with van der Waals surface area (Å²) in [5.74, 6) is 0.633. The molecule has 1 aromatic heterocycles. The summed E-state index contributed by atoms with van der Waals surface area (Å²) in [5.41, 5.74) is 3.09. The number of hydrogen-bond donors (Lipinski definition) is 1. The Kier molecular flexibility index (Phi) is 2.82. The summed E-state index contributed by atoms with van der Waals surface area (Å²) in [6.45, 7) is 6.19. The highest BCUT2D eigenvalue weighted by Crippen LogP contribution is 2.23. The van der Waals surface area contributed by atoms with Gasteiger partial charge in [-0.15, -0.1) is 0 Å². The van der Waals surface area contributed by atoms with E-state index in [0.717, 1.165) is 16.5 Å². The highest BCUT2D eigenvalue weighted by molar-refractivity contribution is 6.08. The Morgan fingerprint density at radius 3 is 2.81 bits per heavy atom. The molecular formula is C14H17NO. The lowest BCUT2D eigenvalue weighted by Gasteiger charge is -2.02. The van der Waals surface area contributed by atoms with Crippen molar-refractivity contribution in [2.24, 2.45) is 5.92 Å². The van der Waals surface area contributed by atoms with E-state index in [-0.39, 0.29) is 5.78 Å². The molecular weight excluding hydrogens is 198 g/mol. The molecule has 2 aromatic rings. The Labute approximate surface area is 95.7 Å². The summed E-state index contributed by atoms with van der Waals surface area (Å²) in [7, 11) is 0. The number of aryl methyl sites for hydroxylation is 1. The van der Waals surface area contributed by atoms with Crippen LogP contribution in [0.15, 0.2) is 24.4 Å². The molecule has 0 aliphatic heterocycles. The number of para-hydroxylation sites is 1. The molecule has 84 valence electrons. The number of carbonyl (C=O) groups excluding carboxylic acids is 1. The SMILES string of the molecule is Cc1cccc2c(C(=O)CC(C)C)c[nH]c12. The van der Waals surface area contributed by atoms with Gasteiger partial charge in [0.2, 0.25) is 0 Å². The van der Waals surface area contributed by atoms with Crippen LogP contribution in [0.2, 0.25) is 0 Å². The van der Waals surface area contributed by atoms with Crippen LogP contribution in [-0.2, 0) is 0 Å². The summed E-state index contributed by atoms with van der Waals surface area (Å²) < 4.78 is 0. The van der Waals surface area contributed by atoms with Crippen LogP contribution in [0.25, 0.3) is 10.9 Å². The Morgan fingerprint density at radius 2 is 2.12 bits per heavy atom. The highest BCUT2D eigenvalue weighted by Gasteiger charge is 2.13. The number of ketones is 1. The fourth-order valence-electron chi connectivity index (χ4n) is 2.02. The number of carbonyl (C=O) groups is 1. The van der Waals surface area contributed by atoms with Gasteiger partial charge in [-0.3, -0.25) is 4.79 Å². The minimum absolute atomic E-state index is 0.229. The van der Waals surface area contributed by atoms with Crippen LogP contribution in [0.1, 0.15) is 36.2 Å². The Morgan fingerprint density at radius 1 is 1.38 bits per heavy atom. The topological polar surface area (TPSA) is 32.9 Å². The molecule has 0 aliphatic rings. The first kappa shape index (κ1) is 10.9. The minimum atomic E-state index is 0.229. The van der Waals surface area contributed by atoms with E-state index in [2.05, 4.69) is 31.8 Å². The molecule has 2 rings (SSSR count). The second kappa shape index (κ2) is 4.12. The van der Waals surface area contributed by atoms with Gasteiger partial charge in [-0.05, 0) is 18.4 Å². The molecule has 0 aliphatic carbocycles. The quantitative estimate of drug-likeness (QED) is 0.778. The van der Waals surface area contributed by atoms with Gasteiger partial charge in [0, 0.05) is 29.1 Å². The summed E-state index contributed by atoms with van der Waals surface area (Å²) in [5, 5.41) is 1.05. The molecule has 0 bridgehead atoms. The Hall–Kier alpha value is -1.57. The second-order valence-corrected chi connectivity index (χ2v) is 4.72. The van der Waals surface area contributed by atoms with Crippen molar-refractivity contribution in [1.82, 2.24) is 4.98 Å². The number of aromatic amines is 1. The van der Waals surface area contributed by atoms with Crippen LogP contribution in [-0.4, -0.2) is 10.8 Å². The van der Waals surface area contributed by atoms with Gasteiger partial charge in [0.25, 0.3) is 0 Å². The highest BCUT2D eigenvalue weighted by atomic mass is 16.1. The Bertz CT molecular complexity index is 523. The molecule has 0 saturated carbocycles. The van der Waals surface area contributed by atoms with E-state index in [9.17, 15) is 4.79 Å². The monoisotopic (exact) mass is 215 g/mol. The first-order chi connectivity index (χ1) is 7.59. The largest absolute Gasteiger partial charge is 0.360 e. The number of H-pyrrole nitrogens is 1. The summed E-state index contributed by atoms with van der Waals surface area (Å²) in [6.07, 6.45) is 2.45. The van der Waals surface area contributed by atoms with Crippen molar-refractivity contribution in [2.45, 2.75) is 27.2 Å². The predicted octanol–water partition coefficient (Wildman–Crippen LogP) is 3.71. The third-order valence-corrected chi connectivity index (χ3v) is 2.82. The molecule has 16 heavy (non-hydrogen) atoms. The number of rotatable bonds is 3. The van der Waals surface area contributed by atoms with Crippen molar-refractivity contribution in [3.8, 4) is 0 Å². The zero-order valence-electron chi connectivity index (χ0n) is 10.0. The first-order valence-electron chi connectivity index (χ1n) is 5.69. The van der Waals surface area contributed by atoms with Gasteiger partial charge in [0.05, 0.1) is 0 Å². The smallest absolute Gasteiger partial charge is 0.165 e. The average Bonchev–Trinajstić information content (AvgIpc) is 2.61. The van der Waals surface area contributed by atoms with Crippen molar-refractivity contribution < 1.29 is 4.79 Å². The molecule has 0 spiro atoms. The van der Waals surface area contributed by atoms with E-state index in [1.807, 2.05) is 18.3 Å². The molecule has 0 atom stereocenters. The van der Waals surface area contributed by atoms with E-state index in [1.165, 1.54) is 5.56 Å². The normalized spacial score (nSPS) is 11.2. The van der Waals surface area contributed by atoms with Crippen LogP contribution >= 0.6 is 0 Å². The lowest BCUT2D eigenvalue weighted by molar-refractivity contribution is 0.0969. The third kappa shape index (κ3) is 1.87. The molecule has 0 radical (unpaired) electrons. The van der Waals surface area contributed by atoms with Crippen LogP contribution < -0.4 is 0 Å². The fourth-order valence-corrected chi connectivity index (χ4v) is 2.02. The minimum Gasteiger partial charge on any atom is -0.360 e. The van der Waals surface area contributed by atoms with E-state index in [1.54, 1.807) is 0 Å². The maximum absolute atomic E-state index is 12.0. The standard InChI is InChI=1S/C14H17NO/c1-9(2)7-13(16)12-8-15-14-10(3)5-4-6-11(12)14/h4-6,8-9,15H,7H2,1-3H3. The summed E-state index contributed by atoms with van der Waals surface area (Å²) in [4.78, 5) is 15.2. The zero-order chi connectivity index (χ0) is 11.7. The van der Waals surface area contributed by atoms with E-state index in [4.69, 9.17) is 0 Å². The van der Waals surface area contributed by atoms with Crippen molar-refractivity contribution in [3.05, 3.63) is 35.5 Å². The fraction of sp³-hybridized carbons (Fsp3) is 0.357. The number of fused-ring (bicyclic) bond motifs is 1. The molecule has 0 saturated heterocycles. The van der Waals surface area contributed by atoms with Gasteiger partial charge in [0.1, 0.15) is 0 Å². The number of Topliss-reactive ketones (excluding diaryl/α,β-unsaturated/α-hetero) is 1. The summed E-state index contributed by atoms with van der Waals surface area (Å²) in [6, 6.07) is 6.06. The number of nitrogens with one attached hydrogen (secondary N) is 1. The maximum atomic E-state index is 12.0. The average molecular weight is 215 g/mol. The molecule has 1 aromatic carbocycles. The molecule has 1 N–H and O–H groups in total. The van der Waals surface area contributed by atoms with E-state index in [0.29, 0.717) is 12.3 Å². The van der Waals surface area contributed by atoms with E-state index < -0.39 is 0 Å². The number of aromatic nitrogens is 1. The molecule has 1 heterocycles. The molecule has 2 nitrogen and oxygen atoms in total. The van der Waals surface area contributed by atoms with Gasteiger partial charge >= 0.3 is 0 Å². The zero-order valence-corrected chi connectivity index (χ0v) is 10.0. The third-order valence-electron chi connectivity index (χ3n) is 2.82. The molecule has 0 fully saturated rings. The number of hydrogen-bond acceptors (Lipinski definition) is 1. The van der Waals surface area contributed by atoms with Crippen LogP contribution in [0.4, 0.5) is 0 Å². The van der Waals surface area contributed by atoms with Crippen LogP contribution in [0, 0.1) is 12.8 Å². The molecule has 2 heteroatoms. The van der Waals surface area contributed by atoms with Gasteiger partial charge in [-0.2, -0.15) is 0 Å². The molecule has 0 amide bonds. The number of benzene rings is 1. The summed E-state index contributed by atoms with van der Waals surface area (Å²) >= 11 is 0. The van der Waals surface area contributed by atoms with Gasteiger partial charge in [0.15, 0.2) is 5.78 Å². The van der Waals surface area contributed by atoms with Crippen molar-refractivity contribution in [2.75, 3.05) is 0 Å². The van der Waals surface area contributed by atoms with Gasteiger partial charge in [-0.25, -0.2) is 0 Å². The molecule has 0 unspecified atom stereocenters. The van der Waals surface area contributed by atoms with Crippen molar-refractivity contribution >= 4 is 16.7 Å². The first-order valence-corrected chi connectivity index (χ1v) is 5.69.